The molecule has 1 aliphatic carbocycles. The molecule has 1 fully saturated rings. The van der Waals surface area contributed by atoms with Gasteiger partial charge < -0.3 is 20.5 Å². The number of methoxy groups -OCH3 is 1. The summed E-state index contributed by atoms with van der Waals surface area (Å²) in [4.78, 5) is 22.2. The number of carboxylic acids is 1. The van der Waals surface area contributed by atoms with Gasteiger partial charge in [0.2, 0.25) is 0 Å². The fraction of sp³-hybridized carbons (Fsp3) is 0.867. The second-order valence-corrected chi connectivity index (χ2v) is 6.01. The van der Waals surface area contributed by atoms with Crippen molar-refractivity contribution in [3.63, 3.8) is 0 Å². The largest absolute Gasteiger partial charge is 0.481 e. The van der Waals surface area contributed by atoms with Crippen LogP contribution in [0.2, 0.25) is 0 Å². The monoisotopic (exact) mass is 300 g/mol. The van der Waals surface area contributed by atoms with E-state index in [2.05, 4.69) is 17.6 Å². The number of hydrogen-bond acceptors (Lipinski definition) is 3. The molecule has 6 nitrogen and oxygen atoms in total. The molecular formula is C15H28N2O4. The average Bonchev–Trinajstić information content (AvgIpc) is 2.45. The zero-order valence-corrected chi connectivity index (χ0v) is 13.1. The van der Waals surface area contributed by atoms with Gasteiger partial charge in [0.05, 0.1) is 12.5 Å². The molecule has 0 radical (unpaired) electrons. The van der Waals surface area contributed by atoms with Crippen molar-refractivity contribution < 1.29 is 19.4 Å². The van der Waals surface area contributed by atoms with Crippen LogP contribution in [0.5, 0.6) is 0 Å². The van der Waals surface area contributed by atoms with E-state index in [-0.39, 0.29) is 19.0 Å². The highest BCUT2D eigenvalue weighted by molar-refractivity contribution is 5.74. The number of aliphatic carboxylic acids is 1. The van der Waals surface area contributed by atoms with Crippen LogP contribution in [0, 0.1) is 11.8 Å². The highest BCUT2D eigenvalue weighted by atomic mass is 16.5. The molecule has 1 unspecified atom stereocenters. The zero-order chi connectivity index (χ0) is 15.7. The molecule has 1 rings (SSSR count). The predicted molar refractivity (Wildman–Crippen MR) is 80.2 cm³/mol. The molecule has 0 aromatic heterocycles. The molecule has 0 spiro atoms. The van der Waals surface area contributed by atoms with Gasteiger partial charge in [0.1, 0.15) is 0 Å². The molecule has 21 heavy (non-hydrogen) atoms. The van der Waals surface area contributed by atoms with Crippen molar-refractivity contribution in [2.75, 3.05) is 20.2 Å². The van der Waals surface area contributed by atoms with Crippen molar-refractivity contribution in [2.45, 2.75) is 51.6 Å². The fourth-order valence-electron chi connectivity index (χ4n) is 2.71. The number of nitrogens with one attached hydrogen (secondary N) is 2. The van der Waals surface area contributed by atoms with Gasteiger partial charge in [-0.15, -0.1) is 0 Å². The zero-order valence-electron chi connectivity index (χ0n) is 13.1. The third-order valence-corrected chi connectivity index (χ3v) is 4.20. The van der Waals surface area contributed by atoms with Gasteiger partial charge in [-0.1, -0.05) is 32.6 Å². The number of urea groups is 1. The number of hydrogen-bond donors (Lipinski definition) is 3. The lowest BCUT2D eigenvalue weighted by molar-refractivity contribution is -0.139. The molecule has 6 heteroatoms. The first kappa shape index (κ1) is 17.8. The van der Waals surface area contributed by atoms with Crippen molar-refractivity contribution >= 4 is 12.0 Å². The number of carbonyl (C=O) groups is 2. The first-order chi connectivity index (χ1) is 10.0. The summed E-state index contributed by atoms with van der Waals surface area (Å²) in [6.45, 7) is 3.17. The summed E-state index contributed by atoms with van der Waals surface area (Å²) in [6, 6.07) is -0.258. The van der Waals surface area contributed by atoms with Crippen molar-refractivity contribution in [3.05, 3.63) is 0 Å². The molecule has 1 aliphatic rings. The van der Waals surface area contributed by atoms with Crippen LogP contribution in [0.4, 0.5) is 4.79 Å². The van der Waals surface area contributed by atoms with Crippen LogP contribution >= 0.6 is 0 Å². The number of carboxylic acid groups (broad SMARTS) is 1. The molecule has 2 amide bonds. The summed E-state index contributed by atoms with van der Waals surface area (Å²) in [5.74, 6) is 0.633. The molecule has 0 saturated heterocycles. The van der Waals surface area contributed by atoms with Crippen molar-refractivity contribution in [1.29, 1.82) is 0 Å². The molecule has 0 aromatic rings. The summed E-state index contributed by atoms with van der Waals surface area (Å²) >= 11 is 0. The molecule has 122 valence electrons. The van der Waals surface area contributed by atoms with E-state index in [1.807, 2.05) is 0 Å². The summed E-state index contributed by atoms with van der Waals surface area (Å²) in [5, 5.41) is 14.1. The Bertz CT molecular complexity index is 328. The molecule has 3 N–H and O–H groups in total. The van der Waals surface area contributed by atoms with E-state index in [9.17, 15) is 9.59 Å². The Hall–Kier alpha value is -1.30. The van der Waals surface area contributed by atoms with Gasteiger partial charge in [0.15, 0.2) is 0 Å². The van der Waals surface area contributed by atoms with Crippen molar-refractivity contribution in [3.8, 4) is 0 Å². The first-order valence-corrected chi connectivity index (χ1v) is 7.77. The third kappa shape index (κ3) is 7.90. The number of rotatable bonds is 8. The third-order valence-electron chi connectivity index (χ3n) is 4.20. The molecule has 0 aliphatic heterocycles. The fourth-order valence-corrected chi connectivity index (χ4v) is 2.71. The molecule has 0 aromatic carbocycles. The number of ether oxygens (including phenoxy) is 1. The Labute approximate surface area is 126 Å². The van der Waals surface area contributed by atoms with Gasteiger partial charge in [-0.2, -0.15) is 0 Å². The van der Waals surface area contributed by atoms with Crippen LogP contribution < -0.4 is 10.6 Å². The first-order valence-electron chi connectivity index (χ1n) is 7.77. The Morgan fingerprint density at radius 3 is 2.48 bits per heavy atom. The van der Waals surface area contributed by atoms with Crippen LogP contribution in [-0.4, -0.2) is 43.4 Å². The average molecular weight is 300 g/mol. The van der Waals surface area contributed by atoms with E-state index in [0.29, 0.717) is 6.54 Å². The lowest BCUT2D eigenvalue weighted by Crippen LogP contribution is -2.41. The van der Waals surface area contributed by atoms with Crippen molar-refractivity contribution in [1.82, 2.24) is 10.6 Å². The van der Waals surface area contributed by atoms with Gasteiger partial charge >= 0.3 is 12.0 Å². The lowest BCUT2D eigenvalue weighted by Gasteiger charge is -2.26. The highest BCUT2D eigenvalue weighted by Crippen LogP contribution is 2.29. The summed E-state index contributed by atoms with van der Waals surface area (Å²) in [7, 11) is 1.44. The van der Waals surface area contributed by atoms with E-state index in [0.717, 1.165) is 18.3 Å². The van der Waals surface area contributed by atoms with E-state index in [1.54, 1.807) is 0 Å². The minimum Gasteiger partial charge on any atom is -0.481 e. The van der Waals surface area contributed by atoms with E-state index < -0.39 is 12.1 Å². The maximum absolute atomic E-state index is 11.6. The Kier molecular flexibility index (Phi) is 8.12. The lowest BCUT2D eigenvalue weighted by atomic mass is 9.81. The minimum atomic E-state index is -0.935. The van der Waals surface area contributed by atoms with Gasteiger partial charge in [0, 0.05) is 20.2 Å². The van der Waals surface area contributed by atoms with Gasteiger partial charge in [-0.05, 0) is 18.3 Å². The van der Waals surface area contributed by atoms with E-state index in [4.69, 9.17) is 9.84 Å². The van der Waals surface area contributed by atoms with Crippen LogP contribution in [0.1, 0.15) is 45.4 Å². The number of amides is 2. The topological polar surface area (TPSA) is 87.7 Å². The second-order valence-electron chi connectivity index (χ2n) is 6.01. The summed E-state index contributed by atoms with van der Waals surface area (Å²) in [5.41, 5.74) is 0. The molecule has 0 heterocycles. The molecular weight excluding hydrogens is 272 g/mol. The second kappa shape index (κ2) is 9.60. The highest BCUT2D eigenvalue weighted by Gasteiger charge is 2.18. The molecule has 1 atom stereocenters. The predicted octanol–water partition coefficient (Wildman–Crippen LogP) is 1.99. The van der Waals surface area contributed by atoms with Gasteiger partial charge in [-0.25, -0.2) is 4.79 Å². The Morgan fingerprint density at radius 1 is 1.24 bits per heavy atom. The van der Waals surface area contributed by atoms with Crippen LogP contribution in [0.25, 0.3) is 0 Å². The molecule has 1 saturated carbocycles. The van der Waals surface area contributed by atoms with Gasteiger partial charge in [-0.3, -0.25) is 4.79 Å². The van der Waals surface area contributed by atoms with Crippen LogP contribution in [0.3, 0.4) is 0 Å². The molecule has 0 bridgehead atoms. The number of carbonyl (C=O) groups excluding carboxylic acids is 1. The van der Waals surface area contributed by atoms with Crippen LogP contribution in [-0.2, 0) is 9.53 Å². The van der Waals surface area contributed by atoms with E-state index in [1.165, 1.54) is 32.8 Å². The van der Waals surface area contributed by atoms with E-state index >= 15 is 0 Å². The normalized spacial score (nSPS) is 23.3. The summed E-state index contributed by atoms with van der Waals surface area (Å²) in [6.07, 6.45) is 5.51. The SMILES string of the molecule is COC(CNC(=O)NCCC1CCC(C)CC1)CC(=O)O. The maximum atomic E-state index is 11.6. The Balaban J connectivity index is 2.09. The van der Waals surface area contributed by atoms with Crippen molar-refractivity contribution in [2.24, 2.45) is 11.8 Å². The maximum Gasteiger partial charge on any atom is 0.314 e. The van der Waals surface area contributed by atoms with Gasteiger partial charge in [0.25, 0.3) is 0 Å². The Morgan fingerprint density at radius 2 is 1.90 bits per heavy atom. The summed E-state index contributed by atoms with van der Waals surface area (Å²) < 4.78 is 5.00. The standard InChI is InChI=1S/C15H28N2O4/c1-11-3-5-12(6-4-11)7-8-16-15(20)17-10-13(21-2)9-14(18)19/h11-13H,3-10H2,1-2H3,(H,18,19)(H2,16,17,20). The minimum absolute atomic E-state index is 0.114. The quantitative estimate of drug-likeness (QED) is 0.639. The van der Waals surface area contributed by atoms with Crippen LogP contribution in [0.15, 0.2) is 0 Å². The smallest absolute Gasteiger partial charge is 0.314 e.